The number of imide groups is 2. The fraction of sp³-hybridized carbons (Fsp3) is 0.107. The molecular weight excluding hydrogens is 477 g/mol. The highest BCUT2D eigenvalue weighted by atomic mass is 19.1. The van der Waals surface area contributed by atoms with E-state index in [1.165, 1.54) is 18.2 Å². The number of methoxy groups -OCH3 is 1. The van der Waals surface area contributed by atoms with E-state index in [2.05, 4.69) is 5.32 Å². The van der Waals surface area contributed by atoms with Crippen molar-refractivity contribution in [3.05, 3.63) is 95.9 Å². The number of urea groups is 1. The first kappa shape index (κ1) is 23.8. The Morgan fingerprint density at radius 2 is 1.62 bits per heavy atom. The maximum Gasteiger partial charge on any atom is 0.335 e. The van der Waals surface area contributed by atoms with E-state index in [1.807, 2.05) is 59.3 Å². The van der Waals surface area contributed by atoms with Gasteiger partial charge in [-0.15, -0.1) is 0 Å². The van der Waals surface area contributed by atoms with Gasteiger partial charge in [-0.25, -0.2) is 14.1 Å². The standard InChI is InChI=1S/C28H22FN3O5/c1-36-21-10-12-22(13-11-21)37-15-14-31-17-18(23-4-2-3-5-25(23)31)16-24-26(33)30-28(35)32(27(24)34)20-8-6-19(29)7-9-20/h2-13,16-17H,14-15H2,1H3,(H,30,33,35). The first-order valence-corrected chi connectivity index (χ1v) is 11.5. The van der Waals surface area contributed by atoms with Crippen molar-refractivity contribution in [2.75, 3.05) is 18.6 Å². The van der Waals surface area contributed by atoms with Gasteiger partial charge in [-0.05, 0) is 60.7 Å². The highest BCUT2D eigenvalue weighted by Crippen LogP contribution is 2.27. The number of benzene rings is 3. The van der Waals surface area contributed by atoms with E-state index < -0.39 is 23.7 Å². The van der Waals surface area contributed by atoms with Crippen LogP contribution in [-0.4, -0.2) is 36.1 Å². The number of fused-ring (bicyclic) bond motifs is 1. The van der Waals surface area contributed by atoms with Gasteiger partial charge in [0.2, 0.25) is 0 Å². The van der Waals surface area contributed by atoms with Crippen LogP contribution < -0.4 is 19.7 Å². The summed E-state index contributed by atoms with van der Waals surface area (Å²) in [5.74, 6) is -0.658. The summed E-state index contributed by atoms with van der Waals surface area (Å²) in [5.41, 5.74) is 1.47. The van der Waals surface area contributed by atoms with E-state index >= 15 is 0 Å². The molecule has 1 fully saturated rings. The first-order valence-electron chi connectivity index (χ1n) is 11.5. The summed E-state index contributed by atoms with van der Waals surface area (Å²) < 4.78 is 26.3. The number of hydrogen-bond acceptors (Lipinski definition) is 5. The van der Waals surface area contributed by atoms with Gasteiger partial charge in [0.25, 0.3) is 11.8 Å². The number of ether oxygens (including phenoxy) is 2. The second kappa shape index (κ2) is 9.98. The molecule has 0 saturated carbocycles. The monoisotopic (exact) mass is 499 g/mol. The number of rotatable bonds is 7. The molecule has 9 heteroatoms. The van der Waals surface area contributed by atoms with E-state index in [0.29, 0.717) is 24.5 Å². The van der Waals surface area contributed by atoms with Crippen LogP contribution >= 0.6 is 0 Å². The molecule has 1 aromatic heterocycles. The van der Waals surface area contributed by atoms with Gasteiger partial charge in [-0.1, -0.05) is 18.2 Å². The lowest BCUT2D eigenvalue weighted by atomic mass is 10.1. The smallest absolute Gasteiger partial charge is 0.335 e. The Labute approximate surface area is 211 Å². The van der Waals surface area contributed by atoms with E-state index in [-0.39, 0.29) is 11.3 Å². The van der Waals surface area contributed by atoms with E-state index in [4.69, 9.17) is 9.47 Å². The molecule has 0 radical (unpaired) electrons. The number of anilines is 1. The molecule has 0 spiro atoms. The molecule has 5 rings (SSSR count). The van der Waals surface area contributed by atoms with Crippen molar-refractivity contribution in [1.29, 1.82) is 0 Å². The molecule has 4 aromatic rings. The first-order chi connectivity index (χ1) is 17.9. The fourth-order valence-corrected chi connectivity index (χ4v) is 4.15. The molecule has 0 atom stereocenters. The van der Waals surface area contributed by atoms with Gasteiger partial charge >= 0.3 is 6.03 Å². The second-order valence-corrected chi connectivity index (χ2v) is 8.25. The third kappa shape index (κ3) is 4.79. The molecule has 3 aromatic carbocycles. The zero-order valence-corrected chi connectivity index (χ0v) is 19.8. The lowest BCUT2D eigenvalue weighted by Crippen LogP contribution is -2.54. The zero-order chi connectivity index (χ0) is 25.9. The average Bonchev–Trinajstić information content (AvgIpc) is 3.25. The number of barbiturate groups is 1. The Kier molecular flexibility index (Phi) is 6.42. The highest BCUT2D eigenvalue weighted by molar-refractivity contribution is 6.39. The molecule has 4 amide bonds. The number of nitrogens with one attached hydrogen (secondary N) is 1. The van der Waals surface area contributed by atoms with Gasteiger partial charge in [0.1, 0.15) is 29.5 Å². The Balaban J connectivity index is 1.42. The predicted octanol–water partition coefficient (Wildman–Crippen LogP) is 4.53. The number of carbonyl (C=O) groups excluding carboxylic acids is 3. The molecule has 186 valence electrons. The summed E-state index contributed by atoms with van der Waals surface area (Å²) >= 11 is 0. The molecule has 0 unspecified atom stereocenters. The number of carbonyl (C=O) groups is 3. The summed E-state index contributed by atoms with van der Waals surface area (Å²) in [4.78, 5) is 39.1. The SMILES string of the molecule is COc1ccc(OCCn2cc(C=C3C(=O)NC(=O)N(c4ccc(F)cc4)C3=O)c3ccccc32)cc1. The minimum atomic E-state index is -0.892. The normalized spacial score (nSPS) is 14.8. The van der Waals surface area contributed by atoms with Crippen LogP contribution in [0.5, 0.6) is 11.5 Å². The third-order valence-corrected chi connectivity index (χ3v) is 5.97. The van der Waals surface area contributed by atoms with Crippen LogP contribution in [0.15, 0.2) is 84.6 Å². The van der Waals surface area contributed by atoms with Gasteiger partial charge < -0.3 is 14.0 Å². The van der Waals surface area contributed by atoms with E-state index in [0.717, 1.165) is 33.7 Å². The van der Waals surface area contributed by atoms with Gasteiger partial charge in [-0.2, -0.15) is 0 Å². The fourth-order valence-electron chi connectivity index (χ4n) is 4.15. The van der Waals surface area contributed by atoms with Crippen LogP contribution in [0.2, 0.25) is 0 Å². The lowest BCUT2D eigenvalue weighted by molar-refractivity contribution is -0.122. The summed E-state index contributed by atoms with van der Waals surface area (Å²) in [6.07, 6.45) is 3.29. The van der Waals surface area contributed by atoms with Gasteiger partial charge in [0, 0.05) is 22.7 Å². The Morgan fingerprint density at radius 1 is 0.919 bits per heavy atom. The number of para-hydroxylation sites is 1. The molecule has 1 N–H and O–H groups in total. The van der Waals surface area contributed by atoms with Crippen LogP contribution in [0.1, 0.15) is 5.56 Å². The molecule has 1 aliphatic rings. The Bertz CT molecular complexity index is 1520. The van der Waals surface area contributed by atoms with Gasteiger partial charge in [0.05, 0.1) is 19.3 Å². The van der Waals surface area contributed by atoms with E-state index in [9.17, 15) is 18.8 Å². The average molecular weight is 499 g/mol. The molecule has 0 aliphatic carbocycles. The quantitative estimate of drug-likeness (QED) is 0.298. The molecule has 1 saturated heterocycles. The molecule has 8 nitrogen and oxygen atoms in total. The van der Waals surface area contributed by atoms with Crippen LogP contribution in [0.25, 0.3) is 17.0 Å². The molecule has 1 aliphatic heterocycles. The largest absolute Gasteiger partial charge is 0.497 e. The summed E-state index contributed by atoms with van der Waals surface area (Å²) in [6.45, 7) is 0.892. The number of aromatic nitrogens is 1. The summed E-state index contributed by atoms with van der Waals surface area (Å²) in [7, 11) is 1.60. The van der Waals surface area contributed by atoms with Crippen LogP contribution in [-0.2, 0) is 16.1 Å². The van der Waals surface area contributed by atoms with Crippen molar-refractivity contribution in [3.63, 3.8) is 0 Å². The van der Waals surface area contributed by atoms with Crippen LogP contribution in [0, 0.1) is 5.82 Å². The second-order valence-electron chi connectivity index (χ2n) is 8.25. The van der Waals surface area contributed by atoms with Crippen LogP contribution in [0.3, 0.4) is 0 Å². The summed E-state index contributed by atoms with van der Waals surface area (Å²) in [6, 6.07) is 18.8. The van der Waals surface area contributed by atoms with Crippen molar-refractivity contribution < 1.29 is 28.2 Å². The molecule has 2 heterocycles. The Hall–Kier alpha value is -4.92. The van der Waals surface area contributed by atoms with Crippen LogP contribution in [0.4, 0.5) is 14.9 Å². The maximum absolute atomic E-state index is 13.4. The number of amides is 4. The topological polar surface area (TPSA) is 89.9 Å². The van der Waals surface area contributed by atoms with Crippen molar-refractivity contribution >= 4 is 40.5 Å². The Morgan fingerprint density at radius 3 is 2.35 bits per heavy atom. The van der Waals surface area contributed by atoms with Crippen molar-refractivity contribution in [1.82, 2.24) is 9.88 Å². The number of nitrogens with zero attached hydrogens (tertiary/aromatic N) is 2. The summed E-state index contributed by atoms with van der Waals surface area (Å²) in [5, 5.41) is 3.01. The van der Waals surface area contributed by atoms with E-state index in [1.54, 1.807) is 7.11 Å². The number of halogens is 1. The van der Waals surface area contributed by atoms with Gasteiger partial charge in [-0.3, -0.25) is 14.9 Å². The lowest BCUT2D eigenvalue weighted by Gasteiger charge is -2.26. The van der Waals surface area contributed by atoms with Crippen molar-refractivity contribution in [2.45, 2.75) is 6.54 Å². The molecular formula is C28H22FN3O5. The minimum absolute atomic E-state index is 0.153. The molecule has 0 bridgehead atoms. The minimum Gasteiger partial charge on any atom is -0.497 e. The maximum atomic E-state index is 13.4. The third-order valence-electron chi connectivity index (χ3n) is 5.97. The van der Waals surface area contributed by atoms with Crippen molar-refractivity contribution in [2.24, 2.45) is 0 Å². The number of hydrogen-bond donors (Lipinski definition) is 1. The molecule has 37 heavy (non-hydrogen) atoms. The van der Waals surface area contributed by atoms with Gasteiger partial charge in [0.15, 0.2) is 0 Å². The zero-order valence-electron chi connectivity index (χ0n) is 19.8. The highest BCUT2D eigenvalue weighted by Gasteiger charge is 2.37. The van der Waals surface area contributed by atoms with Crippen molar-refractivity contribution in [3.8, 4) is 11.5 Å². The predicted molar refractivity (Wildman–Crippen MR) is 136 cm³/mol.